The van der Waals surface area contributed by atoms with E-state index in [-0.39, 0.29) is 12.0 Å². The van der Waals surface area contributed by atoms with E-state index < -0.39 is 94.6 Å². The second-order valence-corrected chi connectivity index (χ2v) is 13.7. The topological polar surface area (TPSA) is 184 Å². The molecule has 2 N–H and O–H groups in total. The van der Waals surface area contributed by atoms with Crippen LogP contribution >= 0.6 is 0 Å². The SMILES string of the molecule is CCCCCCCC(=O)O[C@@H]1[C@@H](O)/C(C)=C\[C@@H]2OC(=O)[C@]3(C)O[C@]23[C@H](OC(C)=O)[C@H]2[C@](C)(O)[C@H](OC(C)=O)C=C[C@]2(C)[C@H]1OC(C)=O. The Morgan fingerprint density at radius 2 is 1.49 bits per heavy atom. The van der Waals surface area contributed by atoms with E-state index in [1.165, 1.54) is 39.0 Å². The van der Waals surface area contributed by atoms with Crippen molar-refractivity contribution < 1.29 is 62.6 Å². The molecule has 4 aliphatic rings. The highest BCUT2D eigenvalue weighted by molar-refractivity contribution is 5.89. The molecule has 0 bridgehead atoms. The minimum Gasteiger partial charge on any atom is -0.459 e. The fourth-order valence-corrected chi connectivity index (χ4v) is 7.73. The Morgan fingerprint density at radius 1 is 0.894 bits per heavy atom. The van der Waals surface area contributed by atoms with Gasteiger partial charge in [-0.3, -0.25) is 19.2 Å². The van der Waals surface area contributed by atoms with Crippen molar-refractivity contribution in [2.24, 2.45) is 11.3 Å². The third-order valence-electron chi connectivity index (χ3n) is 10.1. The molecular weight excluding hydrogens is 616 g/mol. The third kappa shape index (κ3) is 6.46. The molecule has 0 amide bonds. The zero-order chi connectivity index (χ0) is 35.1. The first-order valence-corrected chi connectivity index (χ1v) is 16.3. The monoisotopic (exact) mass is 664 g/mol. The Kier molecular flexibility index (Phi) is 10.4. The molecule has 13 nitrogen and oxygen atoms in total. The molecular formula is C34H48O13. The second-order valence-electron chi connectivity index (χ2n) is 13.7. The lowest BCUT2D eigenvalue weighted by molar-refractivity contribution is -0.232. The number of hydrogen-bond acceptors (Lipinski definition) is 13. The van der Waals surface area contributed by atoms with E-state index in [2.05, 4.69) is 6.92 Å². The fraction of sp³-hybridized carbons (Fsp3) is 0.735. The molecule has 0 saturated carbocycles. The number of fused-ring (bicyclic) bond motifs is 1. The van der Waals surface area contributed by atoms with Crippen LogP contribution in [0.2, 0.25) is 0 Å². The van der Waals surface area contributed by atoms with Crippen LogP contribution in [0.4, 0.5) is 0 Å². The van der Waals surface area contributed by atoms with Crippen LogP contribution in [-0.2, 0) is 52.4 Å². The zero-order valence-electron chi connectivity index (χ0n) is 28.4. The normalized spacial score (nSPS) is 41.5. The number of epoxide rings is 1. The van der Waals surface area contributed by atoms with Crippen LogP contribution in [0.1, 0.15) is 93.9 Å². The molecule has 47 heavy (non-hydrogen) atoms. The third-order valence-corrected chi connectivity index (χ3v) is 10.1. The average Bonchev–Trinajstić information content (AvgIpc) is 3.55. The van der Waals surface area contributed by atoms with Crippen LogP contribution in [0, 0.1) is 11.3 Å². The second kappa shape index (κ2) is 13.3. The lowest BCUT2D eigenvalue weighted by Crippen LogP contribution is -2.69. The quantitative estimate of drug-likeness (QED) is 0.114. The number of esters is 5. The summed E-state index contributed by atoms with van der Waals surface area (Å²) in [6.45, 7) is 11.5. The standard InChI is InChI=1S/C34H48O13/c1-9-10-11-12-13-14-24(38)46-26-25(39)18(2)17-23-34(33(8,47-34)30(40)45-23)29(44-21(5)37)27-31(6,28(26)43-20(4)36)16-15-22(32(27,7)41)42-19(3)35/h15-17,22-23,25-29,39,41H,9-14H2,1-8H3/b18-17-/t22-,23+,25+,26-,27-,28+,29-,31+,32-,33+,34+/m1/s1. The van der Waals surface area contributed by atoms with E-state index in [4.69, 9.17) is 28.4 Å². The van der Waals surface area contributed by atoms with Gasteiger partial charge in [0.2, 0.25) is 0 Å². The summed E-state index contributed by atoms with van der Waals surface area (Å²) in [4.78, 5) is 64.3. The highest BCUT2D eigenvalue weighted by Crippen LogP contribution is 2.65. The van der Waals surface area contributed by atoms with E-state index in [0.29, 0.717) is 6.42 Å². The van der Waals surface area contributed by atoms with Crippen LogP contribution in [0.5, 0.6) is 0 Å². The minimum absolute atomic E-state index is 0.0380. The van der Waals surface area contributed by atoms with Gasteiger partial charge in [0.25, 0.3) is 0 Å². The lowest BCUT2D eigenvalue weighted by atomic mass is 9.55. The van der Waals surface area contributed by atoms with Gasteiger partial charge in [0.05, 0.1) is 0 Å². The van der Waals surface area contributed by atoms with Crippen LogP contribution in [0.25, 0.3) is 0 Å². The molecule has 13 heteroatoms. The zero-order valence-corrected chi connectivity index (χ0v) is 28.4. The summed E-state index contributed by atoms with van der Waals surface area (Å²) in [7, 11) is 0. The van der Waals surface area contributed by atoms with Gasteiger partial charge in [-0.25, -0.2) is 4.79 Å². The maximum atomic E-state index is 13.3. The van der Waals surface area contributed by atoms with Crippen molar-refractivity contribution in [3.63, 3.8) is 0 Å². The molecule has 2 aliphatic heterocycles. The van der Waals surface area contributed by atoms with E-state index in [9.17, 15) is 34.2 Å². The number of ether oxygens (including phenoxy) is 6. The van der Waals surface area contributed by atoms with E-state index >= 15 is 0 Å². The molecule has 0 aromatic carbocycles. The van der Waals surface area contributed by atoms with Crippen molar-refractivity contribution in [2.45, 2.75) is 147 Å². The van der Waals surface area contributed by atoms with Crippen molar-refractivity contribution in [1.82, 2.24) is 0 Å². The summed E-state index contributed by atoms with van der Waals surface area (Å²) in [5.41, 5.74) is -6.86. The first kappa shape index (κ1) is 36.5. The van der Waals surface area contributed by atoms with Gasteiger partial charge in [-0.05, 0) is 44.9 Å². The summed E-state index contributed by atoms with van der Waals surface area (Å²) < 4.78 is 35.2. The molecule has 0 unspecified atom stereocenters. The van der Waals surface area contributed by atoms with E-state index in [0.717, 1.165) is 46.5 Å². The van der Waals surface area contributed by atoms with Crippen molar-refractivity contribution in [3.05, 3.63) is 23.8 Å². The van der Waals surface area contributed by atoms with Crippen molar-refractivity contribution in [2.75, 3.05) is 0 Å². The molecule has 11 atom stereocenters. The molecule has 2 heterocycles. The Balaban J connectivity index is 1.96. The number of aliphatic hydroxyl groups excluding tert-OH is 1. The summed E-state index contributed by atoms with van der Waals surface area (Å²) >= 11 is 0. The number of carbonyl (C=O) groups is 5. The Bertz CT molecular complexity index is 1330. The van der Waals surface area contributed by atoms with Gasteiger partial charge in [0.15, 0.2) is 29.5 Å². The fourth-order valence-electron chi connectivity index (χ4n) is 7.73. The number of carbonyl (C=O) groups excluding carboxylic acids is 5. The highest BCUT2D eigenvalue weighted by atomic mass is 16.7. The smallest absolute Gasteiger partial charge is 0.342 e. The Hall–Kier alpha value is -3.29. The minimum atomic E-state index is -2.10. The van der Waals surface area contributed by atoms with Crippen molar-refractivity contribution in [3.8, 4) is 0 Å². The van der Waals surface area contributed by atoms with Crippen LogP contribution in [0.3, 0.4) is 0 Å². The van der Waals surface area contributed by atoms with Crippen LogP contribution in [0.15, 0.2) is 23.8 Å². The van der Waals surface area contributed by atoms with Crippen LogP contribution < -0.4 is 0 Å². The van der Waals surface area contributed by atoms with E-state index in [1.807, 2.05) is 0 Å². The summed E-state index contributed by atoms with van der Waals surface area (Å²) in [6.07, 6.45) is 0.0827. The maximum Gasteiger partial charge on any atom is 0.342 e. The predicted molar refractivity (Wildman–Crippen MR) is 163 cm³/mol. The molecule has 1 spiro atoms. The van der Waals surface area contributed by atoms with Crippen molar-refractivity contribution >= 4 is 29.8 Å². The van der Waals surface area contributed by atoms with Gasteiger partial charge < -0.3 is 38.6 Å². The largest absolute Gasteiger partial charge is 0.459 e. The highest BCUT2D eigenvalue weighted by Gasteiger charge is 2.88. The van der Waals surface area contributed by atoms with E-state index in [1.54, 1.807) is 6.92 Å². The Morgan fingerprint density at radius 3 is 2.06 bits per heavy atom. The van der Waals surface area contributed by atoms with Gasteiger partial charge in [0, 0.05) is 38.5 Å². The van der Waals surface area contributed by atoms with Gasteiger partial charge >= 0.3 is 29.8 Å². The lowest BCUT2D eigenvalue weighted by Gasteiger charge is -2.56. The molecule has 4 rings (SSSR count). The molecule has 2 fully saturated rings. The number of hydrogen-bond donors (Lipinski definition) is 2. The molecule has 2 aliphatic carbocycles. The summed E-state index contributed by atoms with van der Waals surface area (Å²) in [5, 5.41) is 24.2. The van der Waals surface area contributed by atoms with Crippen molar-refractivity contribution in [1.29, 1.82) is 0 Å². The number of rotatable bonds is 10. The molecule has 0 aromatic rings. The first-order valence-electron chi connectivity index (χ1n) is 16.3. The number of aliphatic hydroxyl groups is 2. The summed E-state index contributed by atoms with van der Waals surface area (Å²) in [6, 6.07) is 0. The number of unbranched alkanes of at least 4 members (excludes halogenated alkanes) is 4. The Labute approximate surface area is 274 Å². The molecule has 262 valence electrons. The average molecular weight is 665 g/mol. The predicted octanol–water partition coefficient (Wildman–Crippen LogP) is 2.77. The molecule has 0 aromatic heterocycles. The van der Waals surface area contributed by atoms with Crippen LogP contribution in [-0.4, -0.2) is 93.5 Å². The van der Waals surface area contributed by atoms with Gasteiger partial charge in [0.1, 0.15) is 23.9 Å². The van der Waals surface area contributed by atoms with Gasteiger partial charge in [-0.2, -0.15) is 0 Å². The van der Waals surface area contributed by atoms with Gasteiger partial charge in [-0.15, -0.1) is 0 Å². The summed E-state index contributed by atoms with van der Waals surface area (Å²) in [5.74, 6) is -5.08. The van der Waals surface area contributed by atoms with Gasteiger partial charge in [-0.1, -0.05) is 45.6 Å². The first-order chi connectivity index (χ1) is 21.9. The molecule has 0 radical (unpaired) electrons. The maximum absolute atomic E-state index is 13.3. The molecule has 2 saturated heterocycles.